The third-order valence-corrected chi connectivity index (χ3v) is 3.99. The Morgan fingerprint density at radius 3 is 2.61 bits per heavy atom. The molecule has 4 atom stereocenters. The van der Waals surface area contributed by atoms with Gasteiger partial charge in [-0.05, 0) is 12.1 Å². The zero-order valence-electron chi connectivity index (χ0n) is 11.7. The first-order valence-corrected chi connectivity index (χ1v) is 6.54. The van der Waals surface area contributed by atoms with Gasteiger partial charge >= 0.3 is 0 Å². The van der Waals surface area contributed by atoms with Crippen LogP contribution in [0.4, 0.5) is 5.82 Å². The van der Waals surface area contributed by atoms with Crippen molar-refractivity contribution in [1.29, 1.82) is 10.5 Å². The number of ether oxygens (including phenoxy) is 1. The molecule has 1 fully saturated rings. The number of fused-ring (bicyclic) bond motifs is 1. The minimum absolute atomic E-state index is 0.0567. The van der Waals surface area contributed by atoms with Crippen molar-refractivity contribution in [1.82, 2.24) is 14.6 Å². The predicted octanol–water partition coefficient (Wildman–Crippen LogP) is -1.96. The van der Waals surface area contributed by atoms with Crippen LogP contribution in [0, 0.1) is 22.7 Å². The molecule has 3 heterocycles. The molecule has 0 unspecified atom stereocenters. The van der Waals surface area contributed by atoms with Crippen LogP contribution in [-0.4, -0.2) is 54.3 Å². The van der Waals surface area contributed by atoms with Crippen LogP contribution in [-0.2, 0) is 10.3 Å². The molecule has 0 saturated carbocycles. The highest BCUT2D eigenvalue weighted by Gasteiger charge is 2.65. The maximum atomic E-state index is 10.4. The summed E-state index contributed by atoms with van der Waals surface area (Å²) in [6.45, 7) is -0.897. The van der Waals surface area contributed by atoms with Gasteiger partial charge in [0.1, 0.15) is 36.2 Å². The van der Waals surface area contributed by atoms with E-state index in [4.69, 9.17) is 10.5 Å². The molecule has 0 radical (unpaired) electrons. The highest BCUT2D eigenvalue weighted by atomic mass is 16.6. The number of nitrogen functional groups attached to an aromatic ring is 1. The largest absolute Gasteiger partial charge is 0.392 e. The molecule has 1 aliphatic heterocycles. The smallest absolute Gasteiger partial charge is 0.226 e. The first-order chi connectivity index (χ1) is 11.0. The van der Waals surface area contributed by atoms with Crippen LogP contribution < -0.4 is 5.73 Å². The molecule has 10 heteroatoms. The molecular weight excluding hydrogens is 304 g/mol. The van der Waals surface area contributed by atoms with Gasteiger partial charge in [0.25, 0.3) is 0 Å². The SMILES string of the molecule is N#C[C@]1(CO)O[C@@](C#N)(c2ccc3c(N)ncnn23)[C@H](O)[C@@H]1O. The minimum Gasteiger partial charge on any atom is -0.392 e. The first-order valence-electron chi connectivity index (χ1n) is 6.54. The predicted molar refractivity (Wildman–Crippen MR) is 73.2 cm³/mol. The lowest BCUT2D eigenvalue weighted by Crippen LogP contribution is -2.45. The molecule has 5 N–H and O–H groups in total. The van der Waals surface area contributed by atoms with Gasteiger partial charge in [0.15, 0.2) is 5.82 Å². The Kier molecular flexibility index (Phi) is 3.21. The molecule has 0 spiro atoms. The molecule has 0 bridgehead atoms. The summed E-state index contributed by atoms with van der Waals surface area (Å²) in [5, 5.41) is 52.7. The summed E-state index contributed by atoms with van der Waals surface area (Å²) in [7, 11) is 0. The monoisotopic (exact) mass is 316 g/mol. The van der Waals surface area contributed by atoms with Crippen molar-refractivity contribution in [2.24, 2.45) is 0 Å². The standard InChI is InChI=1S/C13H12N6O4/c14-3-12(5-20)9(21)10(22)13(4-15,23-12)8-2-1-7-11(16)17-6-18-19(7)8/h1-2,6,9-10,20-22H,5H2,(H2,16,17,18)/t9-,10+,12+,13-/m0/s1. The Morgan fingerprint density at radius 2 is 2.04 bits per heavy atom. The van der Waals surface area contributed by atoms with E-state index in [0.717, 1.165) is 6.33 Å². The Balaban J connectivity index is 2.25. The average molecular weight is 316 g/mol. The van der Waals surface area contributed by atoms with Crippen LogP contribution in [0.2, 0.25) is 0 Å². The van der Waals surface area contributed by atoms with Crippen molar-refractivity contribution in [2.75, 3.05) is 12.3 Å². The van der Waals surface area contributed by atoms with Crippen LogP contribution in [0.15, 0.2) is 18.5 Å². The molecule has 23 heavy (non-hydrogen) atoms. The number of nitrogens with zero attached hydrogens (tertiary/aromatic N) is 5. The van der Waals surface area contributed by atoms with Crippen LogP contribution in [0.3, 0.4) is 0 Å². The van der Waals surface area contributed by atoms with Gasteiger partial charge in [0.2, 0.25) is 11.2 Å². The molecular formula is C13H12N6O4. The van der Waals surface area contributed by atoms with Gasteiger partial charge < -0.3 is 25.8 Å². The zero-order valence-corrected chi connectivity index (χ0v) is 11.7. The molecule has 1 aliphatic rings. The number of rotatable bonds is 2. The fourth-order valence-corrected chi connectivity index (χ4v) is 2.72. The topological polar surface area (TPSA) is 174 Å². The zero-order chi connectivity index (χ0) is 16.8. The number of anilines is 1. The number of hydrogen-bond acceptors (Lipinski definition) is 9. The number of aromatic nitrogens is 3. The number of nitrogens with two attached hydrogens (primary N) is 1. The summed E-state index contributed by atoms with van der Waals surface area (Å²) in [5.74, 6) is 0.140. The van der Waals surface area contributed by atoms with Crippen molar-refractivity contribution in [3.63, 3.8) is 0 Å². The fourth-order valence-electron chi connectivity index (χ4n) is 2.72. The van der Waals surface area contributed by atoms with E-state index in [1.54, 1.807) is 12.1 Å². The molecule has 118 valence electrons. The lowest BCUT2D eigenvalue weighted by molar-refractivity contribution is -0.102. The Hall–Kier alpha value is -2.76. The van der Waals surface area contributed by atoms with Crippen LogP contribution in [0.1, 0.15) is 5.69 Å². The van der Waals surface area contributed by atoms with Crippen molar-refractivity contribution < 1.29 is 20.1 Å². The lowest BCUT2D eigenvalue weighted by atomic mass is 9.89. The summed E-state index contributed by atoms with van der Waals surface area (Å²) in [6, 6.07) is 6.33. The van der Waals surface area contributed by atoms with Gasteiger partial charge in [0, 0.05) is 0 Å². The van der Waals surface area contributed by atoms with E-state index in [0.29, 0.717) is 5.52 Å². The van der Waals surface area contributed by atoms with Crippen LogP contribution in [0.5, 0.6) is 0 Å². The lowest BCUT2D eigenvalue weighted by Gasteiger charge is -2.25. The second-order valence-corrected chi connectivity index (χ2v) is 5.16. The average Bonchev–Trinajstić information content (AvgIpc) is 3.09. The summed E-state index contributed by atoms with van der Waals surface area (Å²) >= 11 is 0. The second kappa shape index (κ2) is 4.87. The third kappa shape index (κ3) is 1.75. The van der Waals surface area contributed by atoms with Gasteiger partial charge in [-0.25, -0.2) is 9.50 Å². The number of hydrogen-bond donors (Lipinski definition) is 4. The summed E-state index contributed by atoms with van der Waals surface area (Å²) in [5.41, 5.74) is 1.91. The highest BCUT2D eigenvalue weighted by molar-refractivity contribution is 5.66. The van der Waals surface area contributed by atoms with Crippen molar-refractivity contribution in [2.45, 2.75) is 23.4 Å². The molecule has 0 aromatic carbocycles. The Labute approximate surface area is 129 Å². The van der Waals surface area contributed by atoms with E-state index in [1.165, 1.54) is 16.6 Å². The molecule has 2 aromatic heterocycles. The highest BCUT2D eigenvalue weighted by Crippen LogP contribution is 2.44. The summed E-state index contributed by atoms with van der Waals surface area (Å²) in [6.07, 6.45) is -2.42. The number of aliphatic hydroxyl groups is 3. The van der Waals surface area contributed by atoms with Gasteiger partial charge in [0.05, 0.1) is 12.3 Å². The summed E-state index contributed by atoms with van der Waals surface area (Å²) < 4.78 is 6.64. The normalized spacial score (nSPS) is 33.4. The first kappa shape index (κ1) is 15.1. The maximum absolute atomic E-state index is 10.4. The maximum Gasteiger partial charge on any atom is 0.226 e. The van der Waals surface area contributed by atoms with Crippen molar-refractivity contribution in [3.8, 4) is 12.1 Å². The van der Waals surface area contributed by atoms with Gasteiger partial charge in [-0.1, -0.05) is 0 Å². The second-order valence-electron chi connectivity index (χ2n) is 5.16. The van der Waals surface area contributed by atoms with E-state index in [2.05, 4.69) is 10.1 Å². The van der Waals surface area contributed by atoms with E-state index >= 15 is 0 Å². The minimum atomic E-state index is -2.13. The van der Waals surface area contributed by atoms with Crippen molar-refractivity contribution >= 4 is 11.3 Å². The van der Waals surface area contributed by atoms with E-state index < -0.39 is 30.0 Å². The number of aliphatic hydroxyl groups excluding tert-OH is 3. The molecule has 1 saturated heterocycles. The van der Waals surface area contributed by atoms with Crippen molar-refractivity contribution in [3.05, 3.63) is 24.2 Å². The molecule has 10 nitrogen and oxygen atoms in total. The molecule has 0 aliphatic carbocycles. The van der Waals surface area contributed by atoms with E-state index in [-0.39, 0.29) is 11.5 Å². The molecule has 2 aromatic rings. The van der Waals surface area contributed by atoms with Gasteiger partial charge in [-0.15, -0.1) is 0 Å². The van der Waals surface area contributed by atoms with Crippen LogP contribution >= 0.6 is 0 Å². The number of nitriles is 2. The summed E-state index contributed by atoms with van der Waals surface area (Å²) in [4.78, 5) is 3.81. The van der Waals surface area contributed by atoms with Gasteiger partial charge in [-0.3, -0.25) is 0 Å². The third-order valence-electron chi connectivity index (χ3n) is 3.99. The van der Waals surface area contributed by atoms with E-state index in [9.17, 15) is 25.8 Å². The van der Waals surface area contributed by atoms with Crippen LogP contribution in [0.25, 0.3) is 5.52 Å². The van der Waals surface area contributed by atoms with Gasteiger partial charge in [-0.2, -0.15) is 15.6 Å². The van der Waals surface area contributed by atoms with E-state index in [1.807, 2.05) is 0 Å². The Bertz CT molecular complexity index is 854. The quantitative estimate of drug-likeness (QED) is 0.490. The molecule has 3 rings (SSSR count). The molecule has 0 amide bonds. The fraction of sp³-hybridized carbons (Fsp3) is 0.385. The Morgan fingerprint density at radius 1 is 1.30 bits per heavy atom.